The Labute approximate surface area is 270 Å². The number of amides is 5. The van der Waals surface area contributed by atoms with Crippen molar-refractivity contribution in [2.45, 2.75) is 81.9 Å². The van der Waals surface area contributed by atoms with Gasteiger partial charge in [0.25, 0.3) is 0 Å². The maximum atomic E-state index is 13.8. The van der Waals surface area contributed by atoms with Crippen LogP contribution in [0.4, 0.5) is 0 Å². The van der Waals surface area contributed by atoms with E-state index in [2.05, 4.69) is 31.6 Å². The summed E-state index contributed by atoms with van der Waals surface area (Å²) in [7, 11) is 1.33. The zero-order chi connectivity index (χ0) is 34.1. The minimum atomic E-state index is -1.52. The van der Waals surface area contributed by atoms with Crippen LogP contribution in [-0.4, -0.2) is 106 Å². The van der Waals surface area contributed by atoms with Gasteiger partial charge in [0.15, 0.2) is 0 Å². The first kappa shape index (κ1) is 36.3. The first-order valence-electron chi connectivity index (χ1n) is 14.8. The number of fused-ring (bicyclic) bond motifs is 3. The maximum absolute atomic E-state index is 13.8. The van der Waals surface area contributed by atoms with Crippen molar-refractivity contribution < 1.29 is 43.7 Å². The highest BCUT2D eigenvalue weighted by Crippen LogP contribution is 2.31. The molecule has 8 N–H and O–H groups in total. The molecule has 46 heavy (non-hydrogen) atoms. The first-order chi connectivity index (χ1) is 21.7. The number of nitrogens with one attached hydrogen (secondary N) is 6. The number of thioether (sulfide) groups is 1. The largest absolute Gasteiger partial charge is 0.480 e. The topological polar surface area (TPSA) is 228 Å². The molecule has 15 nitrogen and oxygen atoms in total. The van der Waals surface area contributed by atoms with Gasteiger partial charge in [0.1, 0.15) is 36.8 Å². The number of aromatic nitrogens is 1. The van der Waals surface area contributed by atoms with Gasteiger partial charge in [0.05, 0.1) is 11.1 Å². The summed E-state index contributed by atoms with van der Waals surface area (Å²) in [5.74, 6) is -5.24. The van der Waals surface area contributed by atoms with E-state index in [4.69, 9.17) is 4.74 Å². The van der Waals surface area contributed by atoms with E-state index in [0.29, 0.717) is 16.1 Å². The Morgan fingerprint density at radius 3 is 2.33 bits per heavy atom. The number of hydrogen-bond acceptors (Lipinski definition) is 9. The predicted octanol–water partition coefficient (Wildman–Crippen LogP) is -0.582. The van der Waals surface area contributed by atoms with Crippen molar-refractivity contribution in [1.29, 1.82) is 0 Å². The quantitative estimate of drug-likeness (QED) is 0.188. The van der Waals surface area contributed by atoms with E-state index < -0.39 is 71.8 Å². The van der Waals surface area contributed by atoms with Crippen molar-refractivity contribution in [2.24, 2.45) is 5.92 Å². The van der Waals surface area contributed by atoms with Crippen LogP contribution in [0.1, 0.15) is 39.7 Å². The molecule has 1 aromatic heterocycles. The van der Waals surface area contributed by atoms with Crippen molar-refractivity contribution >= 4 is 58.2 Å². The summed E-state index contributed by atoms with van der Waals surface area (Å²) in [5, 5.41) is 34.1. The summed E-state index contributed by atoms with van der Waals surface area (Å²) in [6.45, 7) is 6.00. The van der Waals surface area contributed by atoms with E-state index >= 15 is 0 Å². The highest BCUT2D eigenvalue weighted by molar-refractivity contribution is 7.99. The van der Waals surface area contributed by atoms with Gasteiger partial charge in [-0.05, 0) is 37.8 Å². The lowest BCUT2D eigenvalue weighted by molar-refractivity contribution is -0.142. The lowest BCUT2D eigenvalue weighted by Crippen LogP contribution is -2.60. The molecule has 0 spiro atoms. The van der Waals surface area contributed by atoms with Gasteiger partial charge in [-0.1, -0.05) is 32.0 Å². The standard InChI is InChI=1S/C30H42N6O9S/c1-14(2)10-20-26(40)31-15(3)25(39)36-24(16(4)37)28(42)34-22(30(43)44)13-46-29-18(17-8-6-7-9-19(17)35-29)11-21(27(41)33-20)32-23(38)12-45-5/h6-9,14-16,20-22,24,35,37H,10-13H2,1-5H3,(H,31,40)(H,32,38)(H,33,41)(H,34,42)(H,36,39)(H,43,44)/t15-,16-,20+,21+,22+,24+/m1/s1. The van der Waals surface area contributed by atoms with Gasteiger partial charge < -0.3 is 46.5 Å². The van der Waals surface area contributed by atoms with E-state index in [9.17, 15) is 39.0 Å². The normalized spacial score (nSPS) is 24.5. The van der Waals surface area contributed by atoms with E-state index in [1.165, 1.54) is 21.0 Å². The highest BCUT2D eigenvalue weighted by atomic mass is 32.2. The molecule has 0 saturated heterocycles. The molecule has 1 aromatic carbocycles. The fraction of sp³-hybridized carbons (Fsp3) is 0.533. The van der Waals surface area contributed by atoms with E-state index in [-0.39, 0.29) is 31.1 Å². The summed E-state index contributed by atoms with van der Waals surface area (Å²) in [4.78, 5) is 81.4. The Bertz CT molecular complexity index is 1450. The number of carbonyl (C=O) groups is 6. The van der Waals surface area contributed by atoms with Crippen LogP contribution in [-0.2, 0) is 39.9 Å². The van der Waals surface area contributed by atoms with E-state index in [1.54, 1.807) is 18.2 Å². The van der Waals surface area contributed by atoms with Crippen LogP contribution in [0.2, 0.25) is 0 Å². The number of carbonyl (C=O) groups excluding carboxylic acids is 5. The monoisotopic (exact) mass is 662 g/mol. The van der Waals surface area contributed by atoms with Crippen LogP contribution in [0, 0.1) is 5.92 Å². The predicted molar refractivity (Wildman–Crippen MR) is 169 cm³/mol. The molecule has 2 aromatic rings. The average molecular weight is 663 g/mol. The molecule has 3 rings (SSSR count). The Balaban J connectivity index is 2.12. The SMILES string of the molecule is COCC(=O)N[C@H]1Cc2c([nH]c3ccccc23)SC[C@@H](C(=O)O)NC(=O)[C@H]([C@@H](C)O)NC(=O)[C@@H](C)NC(=O)[C@H](CC(C)C)NC1=O. The third-order valence-corrected chi connectivity index (χ3v) is 8.41. The minimum absolute atomic E-state index is 0.0450. The average Bonchev–Trinajstić information content (AvgIpc) is 3.32. The molecule has 0 radical (unpaired) electrons. The molecular weight excluding hydrogens is 620 g/mol. The van der Waals surface area contributed by atoms with Gasteiger partial charge in [-0.25, -0.2) is 4.79 Å². The number of methoxy groups -OCH3 is 1. The fourth-order valence-electron chi connectivity index (χ4n) is 4.92. The number of ether oxygens (including phenoxy) is 1. The zero-order valence-corrected chi connectivity index (χ0v) is 27.2. The molecular formula is C30H42N6O9S. The molecule has 16 heteroatoms. The maximum Gasteiger partial charge on any atom is 0.327 e. The summed E-state index contributed by atoms with van der Waals surface area (Å²) >= 11 is 1.07. The van der Waals surface area contributed by atoms with Gasteiger partial charge in [-0.3, -0.25) is 24.0 Å². The van der Waals surface area contributed by atoms with Crippen molar-refractivity contribution in [3.05, 3.63) is 29.8 Å². The van der Waals surface area contributed by atoms with Crippen molar-refractivity contribution in [3.63, 3.8) is 0 Å². The van der Waals surface area contributed by atoms with Gasteiger partial charge in [-0.15, -0.1) is 11.8 Å². The van der Waals surface area contributed by atoms with Crippen LogP contribution in [0.15, 0.2) is 29.3 Å². The van der Waals surface area contributed by atoms with Crippen LogP contribution >= 0.6 is 11.8 Å². The van der Waals surface area contributed by atoms with Gasteiger partial charge in [-0.2, -0.15) is 0 Å². The Kier molecular flexibility index (Phi) is 13.0. The first-order valence-corrected chi connectivity index (χ1v) is 15.8. The van der Waals surface area contributed by atoms with Gasteiger partial charge >= 0.3 is 5.97 Å². The number of rotatable bonds is 7. The third kappa shape index (κ3) is 9.67. The second-order valence-electron chi connectivity index (χ2n) is 11.6. The molecule has 0 aliphatic carbocycles. The smallest absolute Gasteiger partial charge is 0.327 e. The summed E-state index contributed by atoms with van der Waals surface area (Å²) in [5.41, 5.74) is 1.29. The second-order valence-corrected chi connectivity index (χ2v) is 12.6. The third-order valence-electron chi connectivity index (χ3n) is 7.27. The van der Waals surface area contributed by atoms with E-state index in [0.717, 1.165) is 17.1 Å². The highest BCUT2D eigenvalue weighted by Gasteiger charge is 2.34. The summed E-state index contributed by atoms with van der Waals surface area (Å²) in [6.07, 6.45) is -1.25. The number of benzene rings is 1. The molecule has 0 bridgehead atoms. The number of para-hydroxylation sites is 1. The summed E-state index contributed by atoms with van der Waals surface area (Å²) in [6, 6.07) is 0.761. The lowest BCUT2D eigenvalue weighted by atomic mass is 10.0. The Morgan fingerprint density at radius 1 is 1.00 bits per heavy atom. The van der Waals surface area contributed by atoms with Crippen molar-refractivity contribution in [3.8, 4) is 0 Å². The second kappa shape index (κ2) is 16.4. The Hall–Kier alpha value is -4.15. The minimum Gasteiger partial charge on any atom is -0.480 e. The lowest BCUT2D eigenvalue weighted by Gasteiger charge is -2.27. The number of aliphatic hydroxyl groups is 1. The van der Waals surface area contributed by atoms with Gasteiger partial charge in [0.2, 0.25) is 29.5 Å². The zero-order valence-electron chi connectivity index (χ0n) is 26.3. The van der Waals surface area contributed by atoms with Crippen LogP contribution in [0.5, 0.6) is 0 Å². The molecule has 0 unspecified atom stereocenters. The van der Waals surface area contributed by atoms with E-state index in [1.807, 2.05) is 19.9 Å². The van der Waals surface area contributed by atoms with Crippen molar-refractivity contribution in [2.75, 3.05) is 19.5 Å². The molecule has 5 amide bonds. The number of carboxylic acid groups (broad SMARTS) is 1. The fourth-order valence-corrected chi connectivity index (χ4v) is 6.03. The number of aromatic amines is 1. The number of H-pyrrole nitrogens is 1. The molecule has 6 atom stereocenters. The van der Waals surface area contributed by atoms with Crippen LogP contribution in [0.25, 0.3) is 10.9 Å². The molecule has 0 saturated carbocycles. The molecule has 0 fully saturated rings. The van der Waals surface area contributed by atoms with Crippen molar-refractivity contribution in [1.82, 2.24) is 31.6 Å². The molecule has 2 heterocycles. The Morgan fingerprint density at radius 2 is 1.70 bits per heavy atom. The number of aliphatic hydroxyl groups excluding tert-OH is 1. The molecule has 252 valence electrons. The number of carboxylic acids is 1. The van der Waals surface area contributed by atoms with Gasteiger partial charge in [0, 0.05) is 30.2 Å². The molecule has 1 aliphatic rings. The number of hydrogen-bond donors (Lipinski definition) is 8. The van der Waals surface area contributed by atoms with Crippen LogP contribution < -0.4 is 26.6 Å². The molecule has 1 aliphatic heterocycles. The van der Waals surface area contributed by atoms with Crippen LogP contribution in [0.3, 0.4) is 0 Å². The summed E-state index contributed by atoms with van der Waals surface area (Å²) < 4.78 is 4.94. The number of aliphatic carboxylic acids is 1.